The number of rotatable bonds is 2. The Morgan fingerprint density at radius 1 is 1.33 bits per heavy atom. The van der Waals surface area contributed by atoms with Crippen molar-refractivity contribution in [1.29, 1.82) is 0 Å². The average Bonchev–Trinajstić information content (AvgIpc) is 2.61. The van der Waals surface area contributed by atoms with Crippen LogP contribution >= 0.6 is 22.6 Å². The highest BCUT2D eigenvalue weighted by atomic mass is 127. The number of para-hydroxylation sites is 1. The largest absolute Gasteiger partial charge is 0.334 e. The predicted molar refractivity (Wildman–Crippen MR) is 78.4 cm³/mol. The molecule has 7 heteroatoms. The lowest BCUT2D eigenvalue weighted by Gasteiger charge is -2.12. The molecule has 2 N–H and O–H groups in total. The Hall–Kier alpha value is -0.830. The zero-order chi connectivity index (χ0) is 13.2. The van der Waals surface area contributed by atoms with Gasteiger partial charge in [0.1, 0.15) is 0 Å². The molecule has 1 aliphatic rings. The van der Waals surface area contributed by atoms with Gasteiger partial charge < -0.3 is 10.6 Å². The van der Waals surface area contributed by atoms with Gasteiger partial charge in [-0.25, -0.2) is 13.2 Å². The van der Waals surface area contributed by atoms with E-state index in [1.165, 1.54) is 0 Å². The molecule has 0 radical (unpaired) electrons. The average molecular weight is 380 g/mol. The van der Waals surface area contributed by atoms with Crippen molar-refractivity contribution < 1.29 is 13.2 Å². The van der Waals surface area contributed by atoms with Crippen molar-refractivity contribution in [2.75, 3.05) is 16.8 Å². The SMILES string of the molecule is O=C(Nc1ccccc1I)NC1CCS(=O)(=O)C1. The summed E-state index contributed by atoms with van der Waals surface area (Å²) < 4.78 is 23.5. The van der Waals surface area contributed by atoms with E-state index in [4.69, 9.17) is 0 Å². The summed E-state index contributed by atoms with van der Waals surface area (Å²) in [5, 5.41) is 5.39. The number of hydrogen-bond acceptors (Lipinski definition) is 3. The summed E-state index contributed by atoms with van der Waals surface area (Å²) in [6.45, 7) is 0. The van der Waals surface area contributed by atoms with Crippen LogP contribution in [0.1, 0.15) is 6.42 Å². The number of urea groups is 1. The highest BCUT2D eigenvalue weighted by Gasteiger charge is 2.28. The molecule has 0 aromatic heterocycles. The van der Waals surface area contributed by atoms with E-state index in [1.54, 1.807) is 6.07 Å². The molecule has 1 unspecified atom stereocenters. The van der Waals surface area contributed by atoms with Crippen LogP contribution in [0.2, 0.25) is 0 Å². The van der Waals surface area contributed by atoms with Crippen molar-refractivity contribution in [3.63, 3.8) is 0 Å². The number of halogens is 1. The third-order valence-electron chi connectivity index (χ3n) is 2.69. The molecule has 1 saturated heterocycles. The van der Waals surface area contributed by atoms with Crippen LogP contribution in [-0.4, -0.2) is 32.0 Å². The molecule has 1 fully saturated rings. The summed E-state index contributed by atoms with van der Waals surface area (Å²) in [6.07, 6.45) is 0.488. The van der Waals surface area contributed by atoms with E-state index < -0.39 is 9.84 Å². The van der Waals surface area contributed by atoms with Crippen LogP contribution in [0.25, 0.3) is 0 Å². The second-order valence-electron chi connectivity index (χ2n) is 4.18. The minimum Gasteiger partial charge on any atom is -0.334 e. The second-order valence-corrected chi connectivity index (χ2v) is 7.57. The smallest absolute Gasteiger partial charge is 0.319 e. The first-order valence-corrected chi connectivity index (χ1v) is 8.39. The van der Waals surface area contributed by atoms with Crippen molar-refractivity contribution >= 4 is 44.1 Å². The van der Waals surface area contributed by atoms with E-state index in [1.807, 2.05) is 18.2 Å². The standard InChI is InChI=1S/C11H13IN2O3S/c12-9-3-1-2-4-10(9)14-11(15)13-8-5-6-18(16,17)7-8/h1-4,8H,5-7H2,(H2,13,14,15). The molecule has 5 nitrogen and oxygen atoms in total. The van der Waals surface area contributed by atoms with E-state index in [0.29, 0.717) is 6.42 Å². The van der Waals surface area contributed by atoms with Crippen LogP contribution in [0.5, 0.6) is 0 Å². The van der Waals surface area contributed by atoms with Gasteiger partial charge in [0.2, 0.25) is 0 Å². The van der Waals surface area contributed by atoms with Gasteiger partial charge in [-0.1, -0.05) is 12.1 Å². The molecule has 2 amide bonds. The molecular formula is C11H13IN2O3S. The first-order chi connectivity index (χ1) is 8.46. The van der Waals surface area contributed by atoms with Crippen LogP contribution in [0.4, 0.5) is 10.5 Å². The van der Waals surface area contributed by atoms with Crippen molar-refractivity contribution in [2.45, 2.75) is 12.5 Å². The van der Waals surface area contributed by atoms with Gasteiger partial charge in [0.05, 0.1) is 17.2 Å². The van der Waals surface area contributed by atoms with Gasteiger partial charge in [0, 0.05) is 9.61 Å². The van der Waals surface area contributed by atoms with Gasteiger partial charge in [0.25, 0.3) is 0 Å². The number of amides is 2. The number of nitrogens with one attached hydrogen (secondary N) is 2. The summed E-state index contributed by atoms with van der Waals surface area (Å²) in [7, 11) is -2.97. The number of benzene rings is 1. The van der Waals surface area contributed by atoms with Gasteiger partial charge in [0.15, 0.2) is 9.84 Å². The molecule has 18 heavy (non-hydrogen) atoms. The quantitative estimate of drug-likeness (QED) is 0.766. The third kappa shape index (κ3) is 3.58. The van der Waals surface area contributed by atoms with Crippen molar-refractivity contribution in [3.8, 4) is 0 Å². The summed E-state index contributed by atoms with van der Waals surface area (Å²) in [5.74, 6) is 0.188. The summed E-state index contributed by atoms with van der Waals surface area (Å²) in [5.41, 5.74) is 0.719. The lowest BCUT2D eigenvalue weighted by molar-refractivity contribution is 0.249. The minimum absolute atomic E-state index is 0.0340. The van der Waals surface area contributed by atoms with E-state index in [9.17, 15) is 13.2 Å². The molecule has 0 bridgehead atoms. The lowest BCUT2D eigenvalue weighted by atomic mass is 10.3. The Morgan fingerprint density at radius 3 is 2.67 bits per heavy atom. The van der Waals surface area contributed by atoms with Crippen LogP contribution < -0.4 is 10.6 Å². The Labute approximate surface area is 119 Å². The predicted octanol–water partition coefficient (Wildman–Crippen LogP) is 1.60. The Balaban J connectivity index is 1.92. The summed E-state index contributed by atoms with van der Waals surface area (Å²) >= 11 is 2.13. The molecule has 1 aliphatic heterocycles. The topological polar surface area (TPSA) is 75.3 Å². The van der Waals surface area contributed by atoms with Gasteiger partial charge in [-0.15, -0.1) is 0 Å². The van der Waals surface area contributed by atoms with Crippen molar-refractivity contribution in [1.82, 2.24) is 5.32 Å². The van der Waals surface area contributed by atoms with Crippen LogP contribution in [0, 0.1) is 3.57 Å². The minimum atomic E-state index is -2.97. The first kappa shape index (κ1) is 13.6. The molecule has 1 atom stereocenters. The van der Waals surface area contributed by atoms with Gasteiger partial charge >= 0.3 is 6.03 Å². The molecule has 1 heterocycles. The first-order valence-electron chi connectivity index (χ1n) is 5.49. The number of carbonyl (C=O) groups excluding carboxylic acids is 1. The molecule has 0 aliphatic carbocycles. The van der Waals surface area contributed by atoms with Crippen molar-refractivity contribution in [2.24, 2.45) is 0 Å². The summed E-state index contributed by atoms with van der Waals surface area (Å²) in [4.78, 5) is 11.7. The second kappa shape index (κ2) is 5.43. The molecule has 98 valence electrons. The monoisotopic (exact) mass is 380 g/mol. The molecule has 0 spiro atoms. The van der Waals surface area contributed by atoms with Crippen molar-refractivity contribution in [3.05, 3.63) is 27.8 Å². The highest BCUT2D eigenvalue weighted by molar-refractivity contribution is 14.1. The van der Waals surface area contributed by atoms with E-state index >= 15 is 0 Å². The Morgan fingerprint density at radius 2 is 2.06 bits per heavy atom. The molecular weight excluding hydrogens is 367 g/mol. The molecule has 1 aromatic rings. The Bertz CT molecular complexity index is 559. The van der Waals surface area contributed by atoms with Crippen LogP contribution in [-0.2, 0) is 9.84 Å². The molecule has 0 saturated carbocycles. The number of sulfone groups is 1. The summed E-state index contributed by atoms with van der Waals surface area (Å²) in [6, 6.07) is 6.76. The number of hydrogen-bond donors (Lipinski definition) is 2. The fourth-order valence-corrected chi connectivity index (χ4v) is 4.01. The van der Waals surface area contributed by atoms with E-state index in [0.717, 1.165) is 9.26 Å². The fourth-order valence-electron chi connectivity index (χ4n) is 1.82. The molecule has 1 aromatic carbocycles. The number of carbonyl (C=O) groups is 1. The number of anilines is 1. The fraction of sp³-hybridized carbons (Fsp3) is 0.364. The Kier molecular flexibility index (Phi) is 4.10. The zero-order valence-corrected chi connectivity index (χ0v) is 12.5. The van der Waals surface area contributed by atoms with E-state index in [-0.39, 0.29) is 23.6 Å². The zero-order valence-electron chi connectivity index (χ0n) is 9.52. The highest BCUT2D eigenvalue weighted by Crippen LogP contribution is 2.17. The molecule has 2 rings (SSSR count). The van der Waals surface area contributed by atoms with E-state index in [2.05, 4.69) is 33.2 Å². The van der Waals surface area contributed by atoms with Gasteiger partial charge in [-0.05, 0) is 41.1 Å². The normalized spacial score (nSPS) is 21.5. The lowest BCUT2D eigenvalue weighted by Crippen LogP contribution is -2.38. The van der Waals surface area contributed by atoms with Crippen LogP contribution in [0.15, 0.2) is 24.3 Å². The van der Waals surface area contributed by atoms with Gasteiger partial charge in [-0.3, -0.25) is 0 Å². The van der Waals surface area contributed by atoms with Crippen LogP contribution in [0.3, 0.4) is 0 Å². The maximum Gasteiger partial charge on any atom is 0.319 e. The third-order valence-corrected chi connectivity index (χ3v) is 5.40. The van der Waals surface area contributed by atoms with Gasteiger partial charge in [-0.2, -0.15) is 0 Å². The maximum absolute atomic E-state index is 11.7. The maximum atomic E-state index is 11.7.